The van der Waals surface area contributed by atoms with E-state index in [0.717, 1.165) is 31.4 Å². The third kappa shape index (κ3) is 20.7. The summed E-state index contributed by atoms with van der Waals surface area (Å²) in [6.45, 7) is 11.5. The molecule has 0 spiro atoms. The van der Waals surface area contributed by atoms with Gasteiger partial charge in [0.05, 0.1) is 18.1 Å². The average Bonchev–Trinajstić information content (AvgIpc) is 2.83. The number of carbonyl (C=O) groups is 3. The lowest BCUT2D eigenvalue weighted by Gasteiger charge is -2.21. The number of aldehydes is 1. The van der Waals surface area contributed by atoms with Crippen molar-refractivity contribution < 1.29 is 40.5 Å². The van der Waals surface area contributed by atoms with E-state index in [-0.39, 0.29) is 5.91 Å². The number of carboxylic acids is 1. The number of aliphatic hydroxyl groups excluding tert-OH is 3. The molecule has 214 valence electrons. The van der Waals surface area contributed by atoms with Crippen molar-refractivity contribution in [2.45, 2.75) is 104 Å². The Kier molecular flexibility index (Phi) is 22.1. The Balaban J connectivity index is 0. The molecule has 0 radical (unpaired) electrons. The van der Waals surface area contributed by atoms with Gasteiger partial charge in [0.2, 0.25) is 5.91 Å². The predicted molar refractivity (Wildman–Crippen MR) is 146 cm³/mol. The van der Waals surface area contributed by atoms with Gasteiger partial charge in [0.15, 0.2) is 12.3 Å². The Morgan fingerprint density at radius 3 is 1.95 bits per heavy atom. The highest BCUT2D eigenvalue weighted by atomic mass is 32.2. The van der Waals surface area contributed by atoms with Crippen molar-refractivity contribution >= 4 is 29.9 Å². The summed E-state index contributed by atoms with van der Waals surface area (Å²) in [5.74, 6) is -0.543. The van der Waals surface area contributed by atoms with Gasteiger partial charge in [-0.1, -0.05) is 41.9 Å². The lowest BCUT2D eigenvalue weighted by Crippen LogP contribution is -2.70. The molecule has 0 aliphatic rings. The molecule has 37 heavy (non-hydrogen) atoms. The van der Waals surface area contributed by atoms with Crippen LogP contribution in [0.3, 0.4) is 0 Å². The molecule has 0 aromatic carbocycles. The quantitative estimate of drug-likeness (QED) is 0.101. The largest absolute Gasteiger partial charge is 0.548 e. The molecule has 0 unspecified atom stereocenters. The van der Waals surface area contributed by atoms with Crippen molar-refractivity contribution in [2.75, 3.05) is 11.5 Å². The highest BCUT2D eigenvalue weighted by Gasteiger charge is 2.30. The van der Waals surface area contributed by atoms with Crippen molar-refractivity contribution in [3.63, 3.8) is 0 Å². The second-order valence-corrected chi connectivity index (χ2v) is 10.4. The summed E-state index contributed by atoms with van der Waals surface area (Å²) in [6, 6.07) is -1.83. The fraction of sp³-hybridized carbons (Fsp3) is 0.667. The Hall–Kier alpha value is -1.98. The topological polar surface area (TPSA) is 175 Å². The molecule has 5 atom stereocenters. The first-order valence-electron chi connectivity index (χ1n) is 12.6. The molecule has 0 rings (SSSR count). The molecule has 0 aromatic rings. The van der Waals surface area contributed by atoms with Crippen LogP contribution in [-0.4, -0.2) is 75.4 Å². The zero-order valence-electron chi connectivity index (χ0n) is 23.2. The lowest BCUT2D eigenvalue weighted by molar-refractivity contribution is -0.423. The number of rotatable bonds is 17. The van der Waals surface area contributed by atoms with E-state index in [4.69, 9.17) is 5.11 Å². The van der Waals surface area contributed by atoms with Gasteiger partial charge in [0, 0.05) is 18.4 Å². The van der Waals surface area contributed by atoms with Gasteiger partial charge in [-0.2, -0.15) is 11.8 Å². The summed E-state index contributed by atoms with van der Waals surface area (Å²) in [6.07, 6.45) is 8.09. The molecule has 0 bridgehead atoms. The van der Waals surface area contributed by atoms with Crippen molar-refractivity contribution in [3.05, 3.63) is 34.9 Å². The minimum absolute atomic E-state index is 0.315. The average molecular weight is 545 g/mol. The van der Waals surface area contributed by atoms with Gasteiger partial charge in [-0.15, -0.1) is 0 Å². The summed E-state index contributed by atoms with van der Waals surface area (Å²) < 4.78 is 0. The lowest BCUT2D eigenvalue weighted by atomic mass is 10.0. The van der Waals surface area contributed by atoms with Gasteiger partial charge in [0.25, 0.3) is 0 Å². The first-order valence-corrected chi connectivity index (χ1v) is 13.7. The van der Waals surface area contributed by atoms with Crippen LogP contribution in [0.4, 0.5) is 0 Å². The van der Waals surface area contributed by atoms with Crippen LogP contribution >= 0.6 is 11.8 Å². The van der Waals surface area contributed by atoms with E-state index in [1.807, 2.05) is 0 Å². The number of quaternary nitrogens is 1. The number of hydrogen-bond donors (Lipinski definition) is 5. The van der Waals surface area contributed by atoms with E-state index in [2.05, 4.69) is 57.0 Å². The molecular formula is C27H48N2O7S. The number of aliphatic hydroxyl groups is 3. The molecule has 0 fully saturated rings. The maximum atomic E-state index is 10.9. The number of thioether (sulfide) groups is 1. The van der Waals surface area contributed by atoms with Crippen molar-refractivity contribution in [2.24, 2.45) is 0 Å². The van der Waals surface area contributed by atoms with Crippen molar-refractivity contribution in [1.82, 2.24) is 5.32 Å². The molecule has 0 aliphatic heterocycles. The SMILES string of the molecule is CC(=O)N[C@@H](CSC/C=C(\C)CC/C=C(\C)CCC=C(C)C)C(=O)[O-].CC[C@@H](O)[C@@H](O)[C@H](O)[C@@H]([NH3+])C=O. The molecule has 0 heterocycles. The molecule has 0 saturated heterocycles. The normalized spacial score (nSPS) is 15.8. The summed E-state index contributed by atoms with van der Waals surface area (Å²) >= 11 is 1.48. The minimum atomic E-state index is -1.30. The first kappa shape index (κ1) is 37.2. The van der Waals surface area contributed by atoms with Gasteiger partial charge < -0.3 is 36.3 Å². The Morgan fingerprint density at radius 2 is 1.49 bits per heavy atom. The summed E-state index contributed by atoms with van der Waals surface area (Å²) in [5.41, 5.74) is 7.39. The number of carboxylic acid groups (broad SMARTS) is 1. The number of aliphatic carboxylic acids is 1. The van der Waals surface area contributed by atoms with Gasteiger partial charge in [-0.3, -0.25) is 9.59 Å². The van der Waals surface area contributed by atoms with Gasteiger partial charge in [-0.25, -0.2) is 0 Å². The standard InChI is InChI=1S/C20H33NO3S.C7H15NO4/c1-15(2)8-6-9-16(3)10-7-11-17(4)12-13-25-14-19(20(23)24)21-18(5)22;1-2-5(10)7(12)6(11)4(8)3-9/h8,10,12,19H,6-7,9,11,13-14H2,1-5H3,(H,21,22)(H,23,24);3-7,10-12H,2,8H2,1H3/b16-10+,17-12+;/t19-;4-,5+,6+,7+/m00/s1. The maximum absolute atomic E-state index is 10.9. The van der Waals surface area contributed by atoms with E-state index in [0.29, 0.717) is 18.5 Å². The highest BCUT2D eigenvalue weighted by Crippen LogP contribution is 2.13. The Morgan fingerprint density at radius 1 is 0.946 bits per heavy atom. The van der Waals surface area contributed by atoms with E-state index in [1.165, 1.54) is 35.4 Å². The Labute approximate surface area is 226 Å². The number of amides is 1. The van der Waals surface area contributed by atoms with Gasteiger partial charge in [0.1, 0.15) is 12.2 Å². The zero-order valence-corrected chi connectivity index (χ0v) is 24.1. The summed E-state index contributed by atoms with van der Waals surface area (Å²) in [4.78, 5) is 32.0. The van der Waals surface area contributed by atoms with Gasteiger partial charge >= 0.3 is 0 Å². The molecule has 0 aromatic heterocycles. The smallest absolute Gasteiger partial charge is 0.217 e. The van der Waals surface area contributed by atoms with E-state index in [9.17, 15) is 29.7 Å². The zero-order chi connectivity index (χ0) is 29.0. The Bertz CT molecular complexity index is 764. The number of allylic oxidation sites excluding steroid dienone is 5. The summed E-state index contributed by atoms with van der Waals surface area (Å²) in [7, 11) is 0. The molecule has 9 nitrogen and oxygen atoms in total. The third-order valence-corrected chi connectivity index (χ3v) is 6.37. The second-order valence-electron chi connectivity index (χ2n) is 9.33. The molecule has 7 N–H and O–H groups in total. The number of hydrogen-bond acceptors (Lipinski definition) is 8. The molecule has 10 heteroatoms. The maximum Gasteiger partial charge on any atom is 0.217 e. The second kappa shape index (κ2) is 22.0. The van der Waals surface area contributed by atoms with Crippen LogP contribution in [-0.2, 0) is 14.4 Å². The van der Waals surface area contributed by atoms with E-state index < -0.39 is 36.4 Å². The highest BCUT2D eigenvalue weighted by molar-refractivity contribution is 7.99. The summed E-state index contributed by atoms with van der Waals surface area (Å²) in [5, 5.41) is 40.8. The van der Waals surface area contributed by atoms with Gasteiger partial charge in [-0.05, 0) is 59.8 Å². The van der Waals surface area contributed by atoms with Crippen molar-refractivity contribution in [3.8, 4) is 0 Å². The fourth-order valence-corrected chi connectivity index (χ4v) is 3.94. The molecule has 0 saturated carbocycles. The van der Waals surface area contributed by atoms with Crippen LogP contribution in [0.25, 0.3) is 0 Å². The van der Waals surface area contributed by atoms with Crippen LogP contribution in [0.5, 0.6) is 0 Å². The first-order chi connectivity index (χ1) is 17.3. The van der Waals surface area contributed by atoms with Crippen LogP contribution in [0, 0.1) is 0 Å². The number of carbonyl (C=O) groups excluding carboxylic acids is 3. The van der Waals surface area contributed by atoms with Crippen molar-refractivity contribution in [1.29, 1.82) is 0 Å². The number of nitrogens with one attached hydrogen (secondary N) is 1. The third-order valence-electron chi connectivity index (χ3n) is 5.39. The minimum Gasteiger partial charge on any atom is -0.548 e. The van der Waals surface area contributed by atoms with Crippen LogP contribution < -0.4 is 16.2 Å². The van der Waals surface area contributed by atoms with Crippen LogP contribution in [0.1, 0.15) is 73.6 Å². The molecule has 1 amide bonds. The van der Waals surface area contributed by atoms with E-state index in [1.54, 1.807) is 6.92 Å². The monoisotopic (exact) mass is 544 g/mol. The van der Waals surface area contributed by atoms with Crippen LogP contribution in [0.2, 0.25) is 0 Å². The molecule has 0 aliphatic carbocycles. The van der Waals surface area contributed by atoms with Crippen LogP contribution in [0.15, 0.2) is 34.9 Å². The predicted octanol–water partition coefficient (Wildman–Crippen LogP) is 0.682. The molecular weight excluding hydrogens is 496 g/mol. The fourth-order valence-electron chi connectivity index (χ4n) is 2.94. The van der Waals surface area contributed by atoms with E-state index >= 15 is 0 Å².